The van der Waals surface area contributed by atoms with Crippen molar-refractivity contribution in [2.75, 3.05) is 18.5 Å². The molecule has 1 atom stereocenters. The predicted molar refractivity (Wildman–Crippen MR) is 95.5 cm³/mol. The summed E-state index contributed by atoms with van der Waals surface area (Å²) in [6.45, 7) is 2.45. The molecule has 25 heavy (non-hydrogen) atoms. The molecule has 0 aromatic heterocycles. The van der Waals surface area contributed by atoms with Crippen LogP contribution in [0.4, 0.5) is 5.69 Å². The molecule has 0 unspecified atom stereocenters. The van der Waals surface area contributed by atoms with E-state index in [1.807, 2.05) is 37.3 Å². The molecule has 128 valence electrons. The molecule has 1 saturated heterocycles. The molecular formula is C20H20N2O3. The Kier molecular flexibility index (Phi) is 4.65. The maximum atomic E-state index is 12.7. The molecule has 5 heteroatoms. The van der Waals surface area contributed by atoms with Crippen LogP contribution in [-0.4, -0.2) is 42.1 Å². The highest BCUT2D eigenvalue weighted by atomic mass is 16.2. The van der Waals surface area contributed by atoms with E-state index in [1.165, 1.54) is 11.9 Å². The van der Waals surface area contributed by atoms with E-state index in [0.717, 1.165) is 11.3 Å². The van der Waals surface area contributed by atoms with Crippen LogP contribution in [0.2, 0.25) is 0 Å². The second-order valence-corrected chi connectivity index (χ2v) is 6.24. The standard InChI is InChI=1S/C20H20N2O3/c1-14-8-10-15(11-9-14)18(23)20(25)21(2)17-12-13-22(19(17)24)16-6-4-3-5-7-16/h3-11,17H,12-13H2,1-2H3/t17-/m1/s1. The van der Waals surface area contributed by atoms with E-state index in [0.29, 0.717) is 18.5 Å². The maximum Gasteiger partial charge on any atom is 0.295 e. The molecule has 2 aromatic carbocycles. The van der Waals surface area contributed by atoms with Gasteiger partial charge in [-0.1, -0.05) is 48.0 Å². The first-order valence-electron chi connectivity index (χ1n) is 8.23. The Bertz CT molecular complexity index is 799. The van der Waals surface area contributed by atoms with Gasteiger partial charge in [0.15, 0.2) is 0 Å². The number of benzene rings is 2. The highest BCUT2D eigenvalue weighted by Crippen LogP contribution is 2.24. The van der Waals surface area contributed by atoms with Crippen LogP contribution in [-0.2, 0) is 9.59 Å². The number of carbonyl (C=O) groups is 3. The third-order valence-electron chi connectivity index (χ3n) is 4.54. The summed E-state index contributed by atoms with van der Waals surface area (Å²) in [7, 11) is 1.52. The van der Waals surface area contributed by atoms with Crippen molar-refractivity contribution in [1.82, 2.24) is 4.90 Å². The number of para-hydroxylation sites is 1. The number of hydrogen-bond donors (Lipinski definition) is 0. The maximum absolute atomic E-state index is 12.7. The molecule has 2 amide bonds. The zero-order valence-electron chi connectivity index (χ0n) is 14.3. The van der Waals surface area contributed by atoms with E-state index >= 15 is 0 Å². The van der Waals surface area contributed by atoms with E-state index < -0.39 is 17.7 Å². The summed E-state index contributed by atoms with van der Waals surface area (Å²) in [6.07, 6.45) is 0.511. The number of carbonyl (C=O) groups excluding carboxylic acids is 3. The van der Waals surface area contributed by atoms with Crippen LogP contribution in [0.1, 0.15) is 22.3 Å². The minimum atomic E-state index is -0.655. The van der Waals surface area contributed by atoms with Crippen molar-refractivity contribution in [2.24, 2.45) is 0 Å². The SMILES string of the molecule is Cc1ccc(C(=O)C(=O)N(C)[C@@H]2CCN(c3ccccc3)C2=O)cc1. The quantitative estimate of drug-likeness (QED) is 0.636. The minimum absolute atomic E-state index is 0.154. The molecule has 1 fully saturated rings. The summed E-state index contributed by atoms with van der Waals surface area (Å²) in [5, 5.41) is 0. The molecule has 0 N–H and O–H groups in total. The fraction of sp³-hybridized carbons (Fsp3) is 0.250. The van der Waals surface area contributed by atoms with E-state index in [9.17, 15) is 14.4 Å². The zero-order chi connectivity index (χ0) is 18.0. The average molecular weight is 336 g/mol. The summed E-state index contributed by atoms with van der Waals surface area (Å²) in [5.41, 5.74) is 2.16. The lowest BCUT2D eigenvalue weighted by atomic mass is 10.1. The van der Waals surface area contributed by atoms with Crippen molar-refractivity contribution in [3.63, 3.8) is 0 Å². The van der Waals surface area contributed by atoms with E-state index in [-0.39, 0.29) is 5.91 Å². The molecule has 1 aliphatic rings. The van der Waals surface area contributed by atoms with E-state index in [4.69, 9.17) is 0 Å². The number of rotatable bonds is 4. The van der Waals surface area contributed by atoms with Crippen LogP contribution in [0.25, 0.3) is 0 Å². The number of hydrogen-bond acceptors (Lipinski definition) is 3. The van der Waals surface area contributed by atoms with Gasteiger partial charge in [0.1, 0.15) is 6.04 Å². The summed E-state index contributed by atoms with van der Waals surface area (Å²) < 4.78 is 0. The molecule has 0 aliphatic carbocycles. The van der Waals surface area contributed by atoms with Gasteiger partial charge in [0, 0.05) is 24.8 Å². The molecule has 1 aliphatic heterocycles. The number of anilines is 1. The lowest BCUT2D eigenvalue weighted by Crippen LogP contribution is -2.45. The van der Waals surface area contributed by atoms with Gasteiger partial charge in [0.05, 0.1) is 0 Å². The highest BCUT2D eigenvalue weighted by molar-refractivity contribution is 6.43. The number of Topliss-reactive ketones (excluding diaryl/α,β-unsaturated/α-hetero) is 1. The number of likely N-dealkylation sites (N-methyl/N-ethyl adjacent to an activating group) is 1. The van der Waals surface area contributed by atoms with Gasteiger partial charge in [-0.2, -0.15) is 0 Å². The van der Waals surface area contributed by atoms with Crippen LogP contribution in [0.3, 0.4) is 0 Å². The lowest BCUT2D eigenvalue weighted by Gasteiger charge is -2.23. The second kappa shape index (κ2) is 6.89. The Balaban J connectivity index is 1.73. The van der Waals surface area contributed by atoms with Crippen LogP contribution in [0, 0.1) is 6.92 Å². The van der Waals surface area contributed by atoms with Crippen LogP contribution in [0.5, 0.6) is 0 Å². The van der Waals surface area contributed by atoms with Gasteiger partial charge in [-0.3, -0.25) is 14.4 Å². The Morgan fingerprint density at radius 2 is 1.68 bits per heavy atom. The first-order valence-corrected chi connectivity index (χ1v) is 8.23. The summed E-state index contributed by atoms with van der Waals surface area (Å²) in [4.78, 5) is 40.5. The number of nitrogens with zero attached hydrogens (tertiary/aromatic N) is 2. The number of amides is 2. The van der Waals surface area contributed by atoms with Gasteiger partial charge in [-0.15, -0.1) is 0 Å². The predicted octanol–water partition coefficient (Wildman–Crippen LogP) is 2.44. The van der Waals surface area contributed by atoms with Gasteiger partial charge < -0.3 is 9.80 Å². The molecule has 2 aromatic rings. The second-order valence-electron chi connectivity index (χ2n) is 6.24. The Hall–Kier alpha value is -2.95. The molecule has 1 heterocycles. The third kappa shape index (κ3) is 3.31. The van der Waals surface area contributed by atoms with Crippen molar-refractivity contribution in [1.29, 1.82) is 0 Å². The van der Waals surface area contributed by atoms with Crippen molar-refractivity contribution < 1.29 is 14.4 Å². The average Bonchev–Trinajstić information content (AvgIpc) is 3.02. The summed E-state index contributed by atoms with van der Waals surface area (Å²) in [5.74, 6) is -1.40. The zero-order valence-corrected chi connectivity index (χ0v) is 14.3. The lowest BCUT2D eigenvalue weighted by molar-refractivity contribution is -0.133. The van der Waals surface area contributed by atoms with Crippen LogP contribution in [0.15, 0.2) is 54.6 Å². The molecule has 3 rings (SSSR count). The fourth-order valence-corrected chi connectivity index (χ4v) is 3.02. The third-order valence-corrected chi connectivity index (χ3v) is 4.54. The normalized spacial score (nSPS) is 16.8. The first kappa shape index (κ1) is 16.9. The van der Waals surface area contributed by atoms with Crippen molar-refractivity contribution in [3.8, 4) is 0 Å². The van der Waals surface area contributed by atoms with E-state index in [1.54, 1.807) is 29.2 Å². The molecule has 0 saturated carbocycles. The molecular weight excluding hydrogens is 316 g/mol. The Morgan fingerprint density at radius 3 is 2.32 bits per heavy atom. The molecule has 0 spiro atoms. The number of ketones is 1. The highest BCUT2D eigenvalue weighted by Gasteiger charge is 2.38. The van der Waals surface area contributed by atoms with Crippen molar-refractivity contribution in [2.45, 2.75) is 19.4 Å². The Morgan fingerprint density at radius 1 is 1.04 bits per heavy atom. The largest absolute Gasteiger partial charge is 0.327 e. The van der Waals surface area contributed by atoms with Crippen LogP contribution < -0.4 is 4.90 Å². The van der Waals surface area contributed by atoms with Gasteiger partial charge in [-0.05, 0) is 25.5 Å². The monoisotopic (exact) mass is 336 g/mol. The molecule has 0 radical (unpaired) electrons. The topological polar surface area (TPSA) is 57.7 Å². The van der Waals surface area contributed by atoms with Gasteiger partial charge in [-0.25, -0.2) is 0 Å². The molecule has 0 bridgehead atoms. The Labute approximate surface area is 146 Å². The van der Waals surface area contributed by atoms with Gasteiger partial charge >= 0.3 is 0 Å². The summed E-state index contributed by atoms with van der Waals surface area (Å²) >= 11 is 0. The van der Waals surface area contributed by atoms with Gasteiger partial charge in [0.25, 0.3) is 5.91 Å². The van der Waals surface area contributed by atoms with E-state index in [2.05, 4.69) is 0 Å². The first-order chi connectivity index (χ1) is 12.0. The van der Waals surface area contributed by atoms with Crippen molar-refractivity contribution >= 4 is 23.3 Å². The minimum Gasteiger partial charge on any atom is -0.327 e. The summed E-state index contributed by atoms with van der Waals surface area (Å²) in [6, 6.07) is 15.6. The van der Waals surface area contributed by atoms with Crippen LogP contribution >= 0.6 is 0 Å². The number of aryl methyl sites for hydroxylation is 1. The smallest absolute Gasteiger partial charge is 0.295 e. The van der Waals surface area contributed by atoms with Crippen molar-refractivity contribution in [3.05, 3.63) is 65.7 Å². The fourth-order valence-electron chi connectivity index (χ4n) is 3.02. The van der Waals surface area contributed by atoms with Gasteiger partial charge in [0.2, 0.25) is 11.7 Å². The molecule has 5 nitrogen and oxygen atoms in total.